The molecule has 3 rings (SSSR count). The molecule has 2 aromatic heterocycles. The van der Waals surface area contributed by atoms with Gasteiger partial charge in [0.1, 0.15) is 22.9 Å². The number of nitrogens with zero attached hydrogens (tertiary/aromatic N) is 1. The van der Waals surface area contributed by atoms with Gasteiger partial charge < -0.3 is 14.9 Å². The molecule has 0 unspecified atom stereocenters. The van der Waals surface area contributed by atoms with Gasteiger partial charge in [-0.15, -0.1) is 0 Å². The summed E-state index contributed by atoms with van der Waals surface area (Å²) < 4.78 is 24.3. The SMILES string of the molecule is COc1ccc2oc(C=CC#Cc3ccc(N)nc3F)cc2c1. The number of methoxy groups -OCH3 is 1. The van der Waals surface area contributed by atoms with E-state index in [0.29, 0.717) is 5.76 Å². The summed E-state index contributed by atoms with van der Waals surface area (Å²) in [5.74, 6) is 6.27. The largest absolute Gasteiger partial charge is 0.497 e. The van der Waals surface area contributed by atoms with Crippen molar-refractivity contribution in [1.82, 2.24) is 4.98 Å². The van der Waals surface area contributed by atoms with Crippen molar-refractivity contribution in [1.29, 1.82) is 0 Å². The number of benzene rings is 1. The number of halogens is 1. The molecular weight excluding hydrogens is 295 g/mol. The number of furan rings is 1. The van der Waals surface area contributed by atoms with E-state index in [1.807, 2.05) is 24.3 Å². The second-order valence-electron chi connectivity index (χ2n) is 4.73. The van der Waals surface area contributed by atoms with E-state index in [4.69, 9.17) is 14.9 Å². The summed E-state index contributed by atoms with van der Waals surface area (Å²) in [6, 6.07) is 10.4. The van der Waals surface area contributed by atoms with Crippen molar-refractivity contribution in [3.05, 3.63) is 59.7 Å². The van der Waals surface area contributed by atoms with Crippen LogP contribution in [0.1, 0.15) is 11.3 Å². The van der Waals surface area contributed by atoms with Crippen molar-refractivity contribution in [2.75, 3.05) is 12.8 Å². The van der Waals surface area contributed by atoms with Crippen LogP contribution in [0, 0.1) is 17.8 Å². The molecule has 0 aliphatic heterocycles. The summed E-state index contributed by atoms with van der Waals surface area (Å²) in [5.41, 5.74) is 6.33. The fourth-order valence-electron chi connectivity index (χ4n) is 2.04. The third kappa shape index (κ3) is 3.33. The topological polar surface area (TPSA) is 61.3 Å². The molecule has 0 spiro atoms. The van der Waals surface area contributed by atoms with Crippen molar-refractivity contribution in [2.45, 2.75) is 0 Å². The van der Waals surface area contributed by atoms with Gasteiger partial charge in [0.15, 0.2) is 0 Å². The molecule has 0 saturated heterocycles. The van der Waals surface area contributed by atoms with Crippen LogP contribution in [0.15, 0.2) is 46.9 Å². The van der Waals surface area contributed by atoms with Crippen molar-refractivity contribution in [3.8, 4) is 17.6 Å². The van der Waals surface area contributed by atoms with Gasteiger partial charge in [-0.05, 0) is 48.6 Å². The van der Waals surface area contributed by atoms with E-state index in [2.05, 4.69) is 16.8 Å². The number of hydrogen-bond acceptors (Lipinski definition) is 4. The van der Waals surface area contributed by atoms with Gasteiger partial charge in [-0.2, -0.15) is 4.39 Å². The minimum atomic E-state index is -0.679. The van der Waals surface area contributed by atoms with E-state index >= 15 is 0 Å². The van der Waals surface area contributed by atoms with Crippen LogP contribution < -0.4 is 10.5 Å². The number of nitrogens with two attached hydrogens (primary N) is 1. The van der Waals surface area contributed by atoms with E-state index < -0.39 is 5.95 Å². The molecule has 0 bridgehead atoms. The van der Waals surface area contributed by atoms with Crippen molar-refractivity contribution in [3.63, 3.8) is 0 Å². The fraction of sp³-hybridized carbons (Fsp3) is 0.0556. The maximum Gasteiger partial charge on any atom is 0.230 e. The van der Waals surface area contributed by atoms with E-state index in [9.17, 15) is 4.39 Å². The number of aromatic nitrogens is 1. The Morgan fingerprint density at radius 3 is 2.91 bits per heavy atom. The van der Waals surface area contributed by atoms with Gasteiger partial charge in [0.25, 0.3) is 0 Å². The van der Waals surface area contributed by atoms with E-state index in [-0.39, 0.29) is 11.4 Å². The Hall–Kier alpha value is -3.26. The van der Waals surface area contributed by atoms with Crippen molar-refractivity contribution in [2.24, 2.45) is 0 Å². The van der Waals surface area contributed by atoms with E-state index in [0.717, 1.165) is 16.7 Å². The van der Waals surface area contributed by atoms with Gasteiger partial charge in [-0.3, -0.25) is 0 Å². The predicted octanol–water partition coefficient (Wildman–Crippen LogP) is 3.62. The molecule has 0 radical (unpaired) electrons. The number of fused-ring (bicyclic) bond motifs is 1. The zero-order valence-electron chi connectivity index (χ0n) is 12.3. The second kappa shape index (κ2) is 6.24. The van der Waals surface area contributed by atoms with Crippen LogP contribution in [-0.2, 0) is 0 Å². The lowest BCUT2D eigenvalue weighted by atomic mass is 10.2. The first-order valence-corrected chi connectivity index (χ1v) is 6.83. The summed E-state index contributed by atoms with van der Waals surface area (Å²) in [4.78, 5) is 3.51. The second-order valence-corrected chi connectivity index (χ2v) is 4.73. The fourth-order valence-corrected chi connectivity index (χ4v) is 2.04. The number of anilines is 1. The summed E-state index contributed by atoms with van der Waals surface area (Å²) in [6.07, 6.45) is 3.30. The Morgan fingerprint density at radius 1 is 1.26 bits per heavy atom. The Bertz CT molecular complexity index is 949. The van der Waals surface area contributed by atoms with E-state index in [1.165, 1.54) is 12.1 Å². The smallest absolute Gasteiger partial charge is 0.230 e. The molecule has 0 aliphatic carbocycles. The van der Waals surface area contributed by atoms with Gasteiger partial charge >= 0.3 is 0 Å². The van der Waals surface area contributed by atoms with E-state index in [1.54, 1.807) is 19.3 Å². The Morgan fingerprint density at radius 2 is 2.13 bits per heavy atom. The quantitative estimate of drug-likeness (QED) is 0.580. The average Bonchev–Trinajstić information content (AvgIpc) is 2.94. The van der Waals surface area contributed by atoms with Gasteiger partial charge in [-0.25, -0.2) is 4.98 Å². The molecule has 23 heavy (non-hydrogen) atoms. The Labute approximate surface area is 132 Å². The highest BCUT2D eigenvalue weighted by Gasteiger charge is 2.02. The molecule has 114 valence electrons. The number of hydrogen-bond donors (Lipinski definition) is 1. The maximum atomic E-state index is 13.5. The molecule has 2 N–H and O–H groups in total. The Kier molecular flexibility index (Phi) is 3.98. The molecule has 0 amide bonds. The number of allylic oxidation sites excluding steroid dienone is 1. The molecule has 2 heterocycles. The van der Waals surface area contributed by atoms with Crippen LogP contribution in [0.4, 0.5) is 10.2 Å². The summed E-state index contributed by atoms with van der Waals surface area (Å²) in [5, 5.41) is 0.936. The molecule has 3 aromatic rings. The third-order valence-corrected chi connectivity index (χ3v) is 3.15. The van der Waals surface area contributed by atoms with Gasteiger partial charge in [0, 0.05) is 5.39 Å². The molecule has 0 fully saturated rings. The lowest BCUT2D eigenvalue weighted by Gasteiger charge is -1.96. The summed E-state index contributed by atoms with van der Waals surface area (Å²) in [7, 11) is 1.61. The zero-order chi connectivity index (χ0) is 16.2. The maximum absolute atomic E-state index is 13.5. The number of rotatable bonds is 2. The lowest BCUT2D eigenvalue weighted by molar-refractivity contribution is 0.415. The molecule has 1 aromatic carbocycles. The van der Waals surface area contributed by atoms with Crippen molar-refractivity contribution >= 4 is 22.9 Å². The zero-order valence-corrected chi connectivity index (χ0v) is 12.3. The lowest BCUT2D eigenvalue weighted by Crippen LogP contribution is -1.94. The highest BCUT2D eigenvalue weighted by molar-refractivity contribution is 5.81. The first-order valence-electron chi connectivity index (χ1n) is 6.83. The first kappa shape index (κ1) is 14.7. The molecule has 0 saturated carbocycles. The molecular formula is C18H13FN2O2. The van der Waals surface area contributed by atoms with Gasteiger partial charge in [0.2, 0.25) is 5.95 Å². The summed E-state index contributed by atoms with van der Waals surface area (Å²) >= 11 is 0. The minimum Gasteiger partial charge on any atom is -0.497 e. The van der Waals surface area contributed by atoms with Gasteiger partial charge in [-0.1, -0.05) is 11.8 Å². The molecule has 5 heteroatoms. The average molecular weight is 308 g/mol. The molecule has 4 nitrogen and oxygen atoms in total. The highest BCUT2D eigenvalue weighted by atomic mass is 19.1. The van der Waals surface area contributed by atoms with Crippen LogP contribution in [0.25, 0.3) is 17.0 Å². The van der Waals surface area contributed by atoms with Crippen LogP contribution in [0.5, 0.6) is 5.75 Å². The number of nitrogen functional groups attached to an aromatic ring is 1. The third-order valence-electron chi connectivity index (χ3n) is 3.15. The van der Waals surface area contributed by atoms with Crippen molar-refractivity contribution < 1.29 is 13.5 Å². The first-order chi connectivity index (χ1) is 11.2. The molecule has 0 aliphatic rings. The van der Waals surface area contributed by atoms with Crippen LogP contribution in [-0.4, -0.2) is 12.1 Å². The standard InChI is InChI=1S/C18H13FN2O2/c1-22-14-7-8-16-13(10-14)11-15(23-16)5-3-2-4-12-6-9-17(20)21-18(12)19/h3,5-11H,1H3,(H2,20,21). The Balaban J connectivity index is 1.79. The highest BCUT2D eigenvalue weighted by Crippen LogP contribution is 2.24. The van der Waals surface area contributed by atoms with Gasteiger partial charge in [0.05, 0.1) is 12.7 Å². The van der Waals surface area contributed by atoms with Crippen LogP contribution >= 0.6 is 0 Å². The number of ether oxygens (including phenoxy) is 1. The van der Waals surface area contributed by atoms with Crippen LogP contribution in [0.2, 0.25) is 0 Å². The number of pyridine rings is 1. The molecule has 0 atom stereocenters. The van der Waals surface area contributed by atoms with Crippen LogP contribution in [0.3, 0.4) is 0 Å². The normalized spacial score (nSPS) is 10.7. The minimum absolute atomic E-state index is 0.126. The predicted molar refractivity (Wildman–Crippen MR) is 87.3 cm³/mol. The monoisotopic (exact) mass is 308 g/mol. The summed E-state index contributed by atoms with van der Waals surface area (Å²) in [6.45, 7) is 0.